The lowest BCUT2D eigenvalue weighted by Crippen LogP contribution is -2.61. The van der Waals surface area contributed by atoms with Crippen molar-refractivity contribution in [2.75, 3.05) is 73.4 Å². The number of carbonyl (C=O) groups is 8. The van der Waals surface area contributed by atoms with Gasteiger partial charge >= 0.3 is 0 Å². The van der Waals surface area contributed by atoms with Crippen LogP contribution in [-0.2, 0) is 51.2 Å². The average Bonchev–Trinajstić information content (AvgIpc) is 3.39. The first-order chi connectivity index (χ1) is 35.3. The van der Waals surface area contributed by atoms with Gasteiger partial charge in [0.05, 0.1) is 24.4 Å². The Bertz CT molecular complexity index is 2280. The summed E-state index contributed by atoms with van der Waals surface area (Å²) in [5.41, 5.74) is 1.57. The van der Waals surface area contributed by atoms with Crippen LogP contribution in [0.2, 0.25) is 0 Å². The SMILES string of the molecule is CC(C)C[C@H]1C(=O)N[C@H](C(=O)N2CCCCC2)CSCC(=O)N(C)[C@@H](Cc2ccccc2)C(=N)N(C)[C@@H](C)C(=O)N(C)[C@@H](Cc2ccccc2)C(=O)N(C)[C@@H](CC(C)C)C(=O)N[C@@H]([C@@H](C)O)C(=O)N(C)CC(=O)N1C. The van der Waals surface area contributed by atoms with Gasteiger partial charge in [0.1, 0.15) is 42.1 Å². The van der Waals surface area contributed by atoms with Crippen molar-refractivity contribution in [1.82, 2.24) is 44.9 Å². The van der Waals surface area contributed by atoms with Crippen LogP contribution in [0.25, 0.3) is 0 Å². The molecule has 8 atom stereocenters. The summed E-state index contributed by atoms with van der Waals surface area (Å²) < 4.78 is 0. The summed E-state index contributed by atoms with van der Waals surface area (Å²) in [7, 11) is 8.95. The number of thioether (sulfide) groups is 1. The average molecular weight is 1060 g/mol. The summed E-state index contributed by atoms with van der Waals surface area (Å²) in [5, 5.41) is 26.3. The Morgan fingerprint density at radius 3 is 1.63 bits per heavy atom. The van der Waals surface area contributed by atoms with Crippen molar-refractivity contribution >= 4 is 64.9 Å². The quantitative estimate of drug-likeness (QED) is 0.271. The van der Waals surface area contributed by atoms with Crippen molar-refractivity contribution in [3.8, 4) is 0 Å². The molecule has 0 radical (unpaired) electrons. The fourth-order valence-electron chi connectivity index (χ4n) is 9.46. The van der Waals surface area contributed by atoms with Crippen molar-refractivity contribution in [3.63, 3.8) is 0 Å². The molecule has 0 bridgehead atoms. The van der Waals surface area contributed by atoms with E-state index in [9.17, 15) is 44.1 Å². The van der Waals surface area contributed by atoms with E-state index in [0.717, 1.165) is 47.1 Å². The molecule has 75 heavy (non-hydrogen) atoms. The molecule has 20 heteroatoms. The summed E-state index contributed by atoms with van der Waals surface area (Å²) in [5.74, 6) is -4.90. The molecular formula is C55H84N10O9S. The number of likely N-dealkylation sites (tertiary alicyclic amines) is 1. The van der Waals surface area contributed by atoms with Crippen LogP contribution in [0.3, 0.4) is 0 Å². The lowest BCUT2D eigenvalue weighted by Gasteiger charge is -2.39. The molecule has 2 fully saturated rings. The summed E-state index contributed by atoms with van der Waals surface area (Å²) in [6.07, 6.45) is 1.74. The van der Waals surface area contributed by atoms with E-state index >= 15 is 4.79 Å². The Kier molecular flexibility index (Phi) is 23.6. The van der Waals surface area contributed by atoms with Gasteiger partial charge in [-0.2, -0.15) is 0 Å². The number of carbonyl (C=O) groups excluding carboxylic acids is 8. The topological polar surface area (TPSA) is 227 Å². The van der Waals surface area contributed by atoms with Crippen molar-refractivity contribution in [2.45, 2.75) is 135 Å². The van der Waals surface area contributed by atoms with E-state index in [1.54, 1.807) is 25.9 Å². The molecule has 0 aliphatic carbocycles. The summed E-state index contributed by atoms with van der Waals surface area (Å²) in [6.45, 7) is 10.9. The van der Waals surface area contributed by atoms with Crippen LogP contribution < -0.4 is 10.6 Å². The highest BCUT2D eigenvalue weighted by Gasteiger charge is 2.41. The number of nitrogens with one attached hydrogen (secondary N) is 3. The van der Waals surface area contributed by atoms with E-state index in [4.69, 9.17) is 0 Å². The molecule has 2 aliphatic heterocycles. The fraction of sp³-hybridized carbons (Fsp3) is 0.618. The molecule has 2 aliphatic rings. The minimum absolute atomic E-state index is 0.0189. The Balaban J connectivity index is 1.84. The summed E-state index contributed by atoms with van der Waals surface area (Å²) in [6, 6.07) is 10.5. The van der Waals surface area contributed by atoms with Crippen molar-refractivity contribution in [3.05, 3.63) is 71.8 Å². The third kappa shape index (κ3) is 17.0. The summed E-state index contributed by atoms with van der Waals surface area (Å²) in [4.78, 5) is 125. The van der Waals surface area contributed by atoms with Gasteiger partial charge < -0.3 is 50.0 Å². The number of aliphatic hydroxyl groups excluding tert-OH is 1. The van der Waals surface area contributed by atoms with Crippen LogP contribution in [0.4, 0.5) is 0 Å². The molecule has 0 unspecified atom stereocenters. The molecule has 4 rings (SSSR count). The van der Waals surface area contributed by atoms with Gasteiger partial charge in [-0.1, -0.05) is 88.4 Å². The highest BCUT2D eigenvalue weighted by atomic mass is 32.2. The van der Waals surface area contributed by atoms with Crippen LogP contribution >= 0.6 is 11.8 Å². The molecule has 19 nitrogen and oxygen atoms in total. The largest absolute Gasteiger partial charge is 0.391 e. The van der Waals surface area contributed by atoms with E-state index in [1.807, 2.05) is 88.4 Å². The number of rotatable bonds is 10. The molecule has 0 spiro atoms. The number of amidine groups is 1. The minimum Gasteiger partial charge on any atom is -0.391 e. The van der Waals surface area contributed by atoms with Gasteiger partial charge in [0.2, 0.25) is 47.3 Å². The number of hydrogen-bond acceptors (Lipinski definition) is 11. The van der Waals surface area contributed by atoms with Gasteiger partial charge in [-0.05, 0) is 68.9 Å². The van der Waals surface area contributed by atoms with Crippen molar-refractivity contribution in [2.24, 2.45) is 11.8 Å². The normalized spacial score (nSPS) is 25.2. The van der Waals surface area contributed by atoms with Gasteiger partial charge in [-0.3, -0.25) is 43.8 Å². The molecule has 0 aromatic heterocycles. The smallest absolute Gasteiger partial charge is 0.248 e. The van der Waals surface area contributed by atoms with Crippen LogP contribution in [0.15, 0.2) is 60.7 Å². The van der Waals surface area contributed by atoms with Gasteiger partial charge in [0.15, 0.2) is 0 Å². The number of nitrogens with zero attached hydrogens (tertiary/aromatic N) is 7. The highest BCUT2D eigenvalue weighted by Crippen LogP contribution is 2.22. The molecule has 2 saturated heterocycles. The molecule has 2 aromatic rings. The first-order valence-electron chi connectivity index (χ1n) is 26.2. The Hall–Kier alpha value is -6.02. The molecule has 414 valence electrons. The fourth-order valence-corrected chi connectivity index (χ4v) is 10.4. The predicted octanol–water partition coefficient (Wildman–Crippen LogP) is 2.74. The molecule has 4 N–H and O–H groups in total. The lowest BCUT2D eigenvalue weighted by molar-refractivity contribution is -0.150. The van der Waals surface area contributed by atoms with Gasteiger partial charge in [-0.25, -0.2) is 0 Å². The Labute approximate surface area is 448 Å². The Morgan fingerprint density at radius 2 is 1.11 bits per heavy atom. The maximum Gasteiger partial charge on any atom is 0.248 e. The zero-order chi connectivity index (χ0) is 55.8. The number of aliphatic hydroxyl groups is 1. The third-order valence-electron chi connectivity index (χ3n) is 14.4. The standard InChI is InChI=1S/C55H84N10O9S/c1-35(2)28-43-50(69)57-41(53(72)65-26-20-15-21-27-65)33-75-34-47(68)61(9)42(30-39-22-16-13-17-23-39)49(56)60(8)37(5)52(71)64(12)45(31-40-24-18-14-19-25-40)54(73)63(11)44(29-36(3)4)51(70)58-48(38(6)66)55(74)59(7)32-46(67)62(43)10/h13-14,16-19,22-25,35-38,41-45,48,56,66H,15,20-21,26-34H2,1-12H3,(H,57,69)(H,58,70)/t37-,38+,41-,42-,43-,44-,45-,48-/m0/s1. The van der Waals surface area contributed by atoms with Gasteiger partial charge in [-0.15, -0.1) is 11.8 Å². The minimum atomic E-state index is -1.55. The summed E-state index contributed by atoms with van der Waals surface area (Å²) >= 11 is 1.16. The van der Waals surface area contributed by atoms with Crippen LogP contribution in [0, 0.1) is 17.2 Å². The van der Waals surface area contributed by atoms with E-state index in [2.05, 4.69) is 10.6 Å². The zero-order valence-electron chi connectivity index (χ0n) is 46.3. The molecule has 8 amide bonds. The molecular weight excluding hydrogens is 977 g/mol. The highest BCUT2D eigenvalue weighted by molar-refractivity contribution is 8.00. The second kappa shape index (κ2) is 28.8. The first kappa shape index (κ1) is 61.5. The molecule has 2 heterocycles. The predicted molar refractivity (Wildman–Crippen MR) is 291 cm³/mol. The van der Waals surface area contributed by atoms with E-state index in [1.165, 1.54) is 59.6 Å². The van der Waals surface area contributed by atoms with E-state index in [0.29, 0.717) is 13.1 Å². The van der Waals surface area contributed by atoms with Crippen molar-refractivity contribution in [1.29, 1.82) is 5.41 Å². The van der Waals surface area contributed by atoms with Crippen LogP contribution in [0.5, 0.6) is 0 Å². The Morgan fingerprint density at radius 1 is 0.627 bits per heavy atom. The maximum absolute atomic E-state index is 15.0. The second-order valence-corrected chi connectivity index (χ2v) is 22.2. The molecule has 0 saturated carbocycles. The number of amides is 8. The van der Waals surface area contributed by atoms with Crippen LogP contribution in [-0.4, -0.2) is 214 Å². The number of hydrogen-bond donors (Lipinski definition) is 4. The second-order valence-electron chi connectivity index (χ2n) is 21.2. The van der Waals surface area contributed by atoms with E-state index in [-0.39, 0.29) is 66.7 Å². The third-order valence-corrected chi connectivity index (χ3v) is 15.4. The first-order valence-corrected chi connectivity index (χ1v) is 27.4. The maximum atomic E-state index is 15.0. The van der Waals surface area contributed by atoms with Crippen molar-refractivity contribution < 1.29 is 43.5 Å². The zero-order valence-corrected chi connectivity index (χ0v) is 47.1. The number of likely N-dealkylation sites (N-methyl/N-ethyl adjacent to an activating group) is 6. The number of piperidine rings is 1. The monoisotopic (exact) mass is 1060 g/mol. The van der Waals surface area contributed by atoms with E-state index < -0.39 is 90.4 Å². The van der Waals surface area contributed by atoms with Crippen LogP contribution in [0.1, 0.15) is 84.8 Å². The molecule has 2 aromatic carbocycles. The lowest BCUT2D eigenvalue weighted by atomic mass is 9.98. The van der Waals surface area contributed by atoms with Gasteiger partial charge in [0, 0.05) is 74.0 Å². The van der Waals surface area contributed by atoms with Gasteiger partial charge in [0.25, 0.3) is 0 Å². The number of benzene rings is 2.